The Morgan fingerprint density at radius 2 is 1.96 bits per heavy atom. The number of para-hydroxylation sites is 1. The molecule has 0 unspecified atom stereocenters. The van der Waals surface area contributed by atoms with Crippen LogP contribution in [0.2, 0.25) is 0 Å². The fraction of sp³-hybridized carbons (Fsp3) is 0.400. The lowest BCUT2D eigenvalue weighted by Crippen LogP contribution is -2.52. The molecule has 3 nitrogen and oxygen atoms in total. The van der Waals surface area contributed by atoms with Gasteiger partial charge in [0.25, 0.3) is 0 Å². The average molecular weight is 343 g/mol. The number of hydrogen-bond donors (Lipinski definition) is 2. The first-order valence-electron chi connectivity index (χ1n) is 8.36. The topological polar surface area (TPSA) is 55.5 Å². The van der Waals surface area contributed by atoms with Gasteiger partial charge in [-0.05, 0) is 41.8 Å². The molecule has 0 aliphatic heterocycles. The van der Waals surface area contributed by atoms with Gasteiger partial charge in [0.15, 0.2) is 0 Å². The van der Waals surface area contributed by atoms with Crippen LogP contribution in [0.4, 0.5) is 0 Å². The minimum Gasteiger partial charge on any atom is -0.508 e. The van der Waals surface area contributed by atoms with Crippen LogP contribution in [0.25, 0.3) is 0 Å². The predicted octanol–water partition coefficient (Wildman–Crippen LogP) is 3.73. The van der Waals surface area contributed by atoms with Gasteiger partial charge in [-0.1, -0.05) is 38.1 Å². The van der Waals surface area contributed by atoms with E-state index in [4.69, 9.17) is 10.5 Å². The molecule has 0 spiro atoms. The van der Waals surface area contributed by atoms with Gasteiger partial charge in [-0.2, -0.15) is 11.8 Å². The maximum absolute atomic E-state index is 9.79. The summed E-state index contributed by atoms with van der Waals surface area (Å²) in [5, 5.41) is 10.1. The Kier molecular flexibility index (Phi) is 5.07. The first-order chi connectivity index (χ1) is 11.5. The molecule has 0 saturated carbocycles. The smallest absolute Gasteiger partial charge is 0.119 e. The summed E-state index contributed by atoms with van der Waals surface area (Å²) in [5.41, 5.74) is 8.89. The molecule has 2 aromatic rings. The van der Waals surface area contributed by atoms with Gasteiger partial charge in [0.2, 0.25) is 0 Å². The van der Waals surface area contributed by atoms with Crippen LogP contribution >= 0.6 is 11.8 Å². The summed E-state index contributed by atoms with van der Waals surface area (Å²) in [5.74, 6) is 2.14. The third-order valence-corrected chi connectivity index (χ3v) is 6.16. The Morgan fingerprint density at radius 1 is 1.21 bits per heavy atom. The molecule has 0 aromatic heterocycles. The molecule has 128 valence electrons. The molecular weight excluding hydrogens is 318 g/mol. The highest BCUT2D eigenvalue weighted by atomic mass is 32.2. The highest BCUT2D eigenvalue weighted by molar-refractivity contribution is 8.00. The van der Waals surface area contributed by atoms with Crippen LogP contribution in [0, 0.1) is 0 Å². The Balaban J connectivity index is 1.61. The zero-order chi connectivity index (χ0) is 17.2. The number of nitrogens with two attached hydrogens (primary N) is 1. The van der Waals surface area contributed by atoms with Gasteiger partial charge in [-0.25, -0.2) is 0 Å². The van der Waals surface area contributed by atoms with Crippen molar-refractivity contribution < 1.29 is 9.84 Å². The fourth-order valence-corrected chi connectivity index (χ4v) is 4.70. The summed E-state index contributed by atoms with van der Waals surface area (Å²) in [6.45, 7) is 5.02. The molecule has 0 saturated heterocycles. The lowest BCUT2D eigenvalue weighted by atomic mass is 9.69. The van der Waals surface area contributed by atoms with E-state index in [2.05, 4.69) is 13.8 Å². The van der Waals surface area contributed by atoms with Gasteiger partial charge in [0.05, 0.1) is 6.61 Å². The van der Waals surface area contributed by atoms with Gasteiger partial charge < -0.3 is 15.6 Å². The number of ether oxygens (including phenoxy) is 1. The molecule has 24 heavy (non-hydrogen) atoms. The molecule has 2 aromatic carbocycles. The maximum Gasteiger partial charge on any atom is 0.119 e. The summed E-state index contributed by atoms with van der Waals surface area (Å²) in [6, 6.07) is 15.6. The first kappa shape index (κ1) is 17.2. The van der Waals surface area contributed by atoms with Crippen LogP contribution < -0.4 is 10.5 Å². The van der Waals surface area contributed by atoms with E-state index in [-0.39, 0.29) is 11.5 Å². The summed E-state index contributed by atoms with van der Waals surface area (Å²) < 4.78 is 5.77. The zero-order valence-electron chi connectivity index (χ0n) is 14.2. The van der Waals surface area contributed by atoms with Crippen molar-refractivity contribution in [1.29, 1.82) is 0 Å². The normalized spacial score (nSPS) is 22.0. The van der Waals surface area contributed by atoms with Crippen molar-refractivity contribution in [3.63, 3.8) is 0 Å². The van der Waals surface area contributed by atoms with Crippen molar-refractivity contribution in [3.05, 3.63) is 59.7 Å². The minimum absolute atomic E-state index is 0.0496. The highest BCUT2D eigenvalue weighted by Crippen LogP contribution is 2.41. The van der Waals surface area contributed by atoms with E-state index in [1.54, 1.807) is 6.07 Å². The predicted molar refractivity (Wildman–Crippen MR) is 101 cm³/mol. The molecule has 0 bridgehead atoms. The SMILES string of the molecule is CC1(C)c2cc(O)ccc2C[C@H](SCCOc2ccccc2)[C@H]1N. The molecule has 0 radical (unpaired) electrons. The van der Waals surface area contributed by atoms with Crippen LogP contribution in [-0.2, 0) is 11.8 Å². The van der Waals surface area contributed by atoms with E-state index in [0.29, 0.717) is 17.6 Å². The van der Waals surface area contributed by atoms with Gasteiger partial charge in [-0.3, -0.25) is 0 Å². The van der Waals surface area contributed by atoms with Crippen LogP contribution in [0.15, 0.2) is 48.5 Å². The van der Waals surface area contributed by atoms with Crippen molar-refractivity contribution in [2.45, 2.75) is 37.0 Å². The Bertz CT molecular complexity index is 687. The molecule has 1 aliphatic carbocycles. The second-order valence-electron chi connectivity index (χ2n) is 6.86. The summed E-state index contributed by atoms with van der Waals surface area (Å²) in [6.07, 6.45) is 0.941. The first-order valence-corrected chi connectivity index (χ1v) is 9.41. The van der Waals surface area contributed by atoms with Gasteiger partial charge in [0, 0.05) is 22.5 Å². The fourth-order valence-electron chi connectivity index (χ4n) is 3.37. The largest absolute Gasteiger partial charge is 0.508 e. The van der Waals surface area contributed by atoms with Crippen LogP contribution in [-0.4, -0.2) is 28.8 Å². The van der Waals surface area contributed by atoms with Gasteiger partial charge in [-0.15, -0.1) is 0 Å². The molecule has 3 N–H and O–H groups in total. The van der Waals surface area contributed by atoms with E-state index in [1.807, 2.05) is 54.2 Å². The number of benzene rings is 2. The van der Waals surface area contributed by atoms with E-state index in [9.17, 15) is 5.11 Å². The highest BCUT2D eigenvalue weighted by Gasteiger charge is 2.40. The Labute approximate surface area is 148 Å². The second kappa shape index (κ2) is 7.08. The Hall–Kier alpha value is -1.65. The number of rotatable bonds is 5. The van der Waals surface area contributed by atoms with E-state index in [0.717, 1.165) is 17.9 Å². The van der Waals surface area contributed by atoms with Crippen molar-refractivity contribution in [2.24, 2.45) is 5.73 Å². The summed E-state index contributed by atoms with van der Waals surface area (Å²) in [4.78, 5) is 0. The number of aromatic hydroxyl groups is 1. The lowest BCUT2D eigenvalue weighted by molar-refractivity contribution is 0.341. The van der Waals surface area contributed by atoms with Crippen molar-refractivity contribution in [1.82, 2.24) is 0 Å². The number of thioether (sulfide) groups is 1. The zero-order valence-corrected chi connectivity index (χ0v) is 15.1. The number of fused-ring (bicyclic) bond motifs is 1. The molecule has 3 rings (SSSR count). The number of phenolic OH excluding ortho intramolecular Hbond substituents is 1. The third kappa shape index (κ3) is 3.55. The monoisotopic (exact) mass is 343 g/mol. The minimum atomic E-state index is -0.149. The number of phenols is 1. The molecule has 0 amide bonds. The molecule has 1 aliphatic rings. The van der Waals surface area contributed by atoms with E-state index in [1.165, 1.54) is 11.1 Å². The van der Waals surface area contributed by atoms with Crippen molar-refractivity contribution in [2.75, 3.05) is 12.4 Å². The third-order valence-electron chi connectivity index (χ3n) is 4.87. The molecular formula is C20H25NO2S. The molecule has 2 atom stereocenters. The van der Waals surface area contributed by atoms with Crippen molar-refractivity contribution >= 4 is 11.8 Å². The van der Waals surface area contributed by atoms with E-state index >= 15 is 0 Å². The lowest BCUT2D eigenvalue weighted by Gasteiger charge is -2.43. The standard InChI is InChI=1S/C20H25NO2S/c1-20(2)17-13-15(22)9-8-14(17)12-18(19(20)21)24-11-10-23-16-6-4-3-5-7-16/h3-9,13,18-19,22H,10-12,21H2,1-2H3/t18-,19+/m0/s1. The molecule has 4 heteroatoms. The van der Waals surface area contributed by atoms with Crippen molar-refractivity contribution in [3.8, 4) is 11.5 Å². The molecule has 0 heterocycles. The summed E-state index contributed by atoms with van der Waals surface area (Å²) in [7, 11) is 0. The van der Waals surface area contributed by atoms with Crippen LogP contribution in [0.3, 0.4) is 0 Å². The van der Waals surface area contributed by atoms with Gasteiger partial charge >= 0.3 is 0 Å². The average Bonchev–Trinajstić information content (AvgIpc) is 2.58. The Morgan fingerprint density at radius 3 is 2.71 bits per heavy atom. The van der Waals surface area contributed by atoms with Crippen LogP contribution in [0.1, 0.15) is 25.0 Å². The molecule has 0 fully saturated rings. The van der Waals surface area contributed by atoms with E-state index < -0.39 is 0 Å². The van der Waals surface area contributed by atoms with Crippen LogP contribution in [0.5, 0.6) is 11.5 Å². The maximum atomic E-state index is 9.79. The quantitative estimate of drug-likeness (QED) is 0.812. The number of hydrogen-bond acceptors (Lipinski definition) is 4. The van der Waals surface area contributed by atoms with Gasteiger partial charge in [0.1, 0.15) is 11.5 Å². The second-order valence-corrected chi connectivity index (χ2v) is 8.21. The summed E-state index contributed by atoms with van der Waals surface area (Å²) >= 11 is 1.88.